The van der Waals surface area contributed by atoms with E-state index in [0.29, 0.717) is 23.8 Å². The van der Waals surface area contributed by atoms with Crippen molar-refractivity contribution in [3.63, 3.8) is 0 Å². The van der Waals surface area contributed by atoms with Crippen LogP contribution in [0.15, 0.2) is 62.7 Å². The molecule has 31 heavy (non-hydrogen) atoms. The highest BCUT2D eigenvalue weighted by Crippen LogP contribution is 2.27. The number of thioether (sulfide) groups is 2. The van der Waals surface area contributed by atoms with Gasteiger partial charge in [-0.25, -0.2) is 4.98 Å². The van der Waals surface area contributed by atoms with E-state index in [9.17, 15) is 9.59 Å². The first-order valence-electron chi connectivity index (χ1n) is 9.60. The number of rotatable bonds is 7. The molecule has 0 radical (unpaired) electrons. The number of ether oxygens (including phenoxy) is 1. The molecule has 0 aliphatic carbocycles. The van der Waals surface area contributed by atoms with Crippen molar-refractivity contribution >= 4 is 40.7 Å². The molecule has 8 heteroatoms. The van der Waals surface area contributed by atoms with Gasteiger partial charge in [0.2, 0.25) is 5.89 Å². The van der Waals surface area contributed by atoms with E-state index in [1.165, 1.54) is 0 Å². The van der Waals surface area contributed by atoms with Crippen LogP contribution in [0.5, 0.6) is 5.75 Å². The van der Waals surface area contributed by atoms with E-state index in [1.54, 1.807) is 17.8 Å². The van der Waals surface area contributed by atoms with Crippen molar-refractivity contribution in [2.75, 3.05) is 12.9 Å². The van der Waals surface area contributed by atoms with Gasteiger partial charge < -0.3 is 9.15 Å². The number of amides is 2. The predicted molar refractivity (Wildman–Crippen MR) is 123 cm³/mol. The molecule has 0 saturated carbocycles. The van der Waals surface area contributed by atoms with Gasteiger partial charge in [-0.3, -0.25) is 14.9 Å². The summed E-state index contributed by atoms with van der Waals surface area (Å²) < 4.78 is 11.7. The number of hydrogen-bond donors (Lipinski definition) is 1. The molecule has 3 aromatic rings. The fraction of sp³-hybridized carbons (Fsp3) is 0.174. The van der Waals surface area contributed by atoms with Crippen molar-refractivity contribution < 1.29 is 18.7 Å². The highest BCUT2D eigenvalue weighted by molar-refractivity contribution is 8.18. The average Bonchev–Trinajstić information content (AvgIpc) is 3.30. The minimum absolute atomic E-state index is 0.348. The summed E-state index contributed by atoms with van der Waals surface area (Å²) in [6.07, 6.45) is 4.35. The Balaban J connectivity index is 1.35. The normalized spacial score (nSPS) is 14.8. The Morgan fingerprint density at radius 3 is 2.71 bits per heavy atom. The first-order chi connectivity index (χ1) is 15.0. The lowest BCUT2D eigenvalue weighted by Gasteiger charge is -2.05. The topological polar surface area (TPSA) is 81.4 Å². The van der Waals surface area contributed by atoms with Gasteiger partial charge in [0.1, 0.15) is 11.5 Å². The zero-order valence-electron chi connectivity index (χ0n) is 17.0. The van der Waals surface area contributed by atoms with Crippen LogP contribution in [0.4, 0.5) is 4.79 Å². The fourth-order valence-electron chi connectivity index (χ4n) is 3.04. The van der Waals surface area contributed by atoms with Gasteiger partial charge in [0.15, 0.2) is 0 Å². The number of nitrogens with zero attached hydrogens (tertiary/aromatic N) is 1. The number of oxazole rings is 1. The number of aromatic nitrogens is 1. The number of nitrogens with one attached hydrogen (secondary N) is 1. The number of benzene rings is 2. The molecule has 2 amide bonds. The lowest BCUT2D eigenvalue weighted by molar-refractivity contribution is -0.115. The number of hydrogen-bond acceptors (Lipinski definition) is 7. The third-order valence-electron chi connectivity index (χ3n) is 4.64. The van der Waals surface area contributed by atoms with E-state index in [2.05, 4.69) is 22.4 Å². The SMILES string of the molecule is CSc1cccc(-c2nc(CCOc3ccc(/C=C4/SC(=O)NC4=O)cc3)c(C)o2)c1. The zero-order valence-corrected chi connectivity index (χ0v) is 18.6. The van der Waals surface area contributed by atoms with Gasteiger partial charge in [-0.15, -0.1) is 11.8 Å². The number of aryl methyl sites for hydroxylation is 1. The summed E-state index contributed by atoms with van der Waals surface area (Å²) in [7, 11) is 0. The van der Waals surface area contributed by atoms with E-state index in [1.807, 2.05) is 49.6 Å². The standard InChI is InChI=1S/C23H20N2O4S2/c1-14-19(24-22(29-14)16-4-3-5-18(13-16)30-2)10-11-28-17-8-6-15(7-9-17)12-20-21(26)25-23(27)31-20/h3-9,12-13H,10-11H2,1-2H3,(H,25,26,27)/b20-12+. The molecule has 1 aliphatic heterocycles. The predicted octanol–water partition coefficient (Wildman–Crippen LogP) is 5.32. The molecule has 1 N–H and O–H groups in total. The summed E-state index contributed by atoms with van der Waals surface area (Å²) in [6.45, 7) is 2.37. The van der Waals surface area contributed by atoms with Gasteiger partial charge in [0.05, 0.1) is 17.2 Å². The Bertz CT molecular complexity index is 1150. The maximum atomic E-state index is 11.6. The quantitative estimate of drug-likeness (QED) is 0.384. The van der Waals surface area contributed by atoms with E-state index >= 15 is 0 Å². The van der Waals surface area contributed by atoms with Crippen molar-refractivity contribution in [1.29, 1.82) is 0 Å². The van der Waals surface area contributed by atoms with E-state index in [0.717, 1.165) is 45.0 Å². The fourth-order valence-corrected chi connectivity index (χ4v) is 4.18. The zero-order chi connectivity index (χ0) is 21.8. The first kappa shape index (κ1) is 21.3. The molecule has 1 aliphatic rings. The second-order valence-corrected chi connectivity index (χ2v) is 8.67. The third-order valence-corrected chi connectivity index (χ3v) is 6.17. The molecular formula is C23H20N2O4S2. The molecule has 0 unspecified atom stereocenters. The van der Waals surface area contributed by atoms with Crippen LogP contribution in [0.25, 0.3) is 17.5 Å². The van der Waals surface area contributed by atoms with Crippen LogP contribution in [0.3, 0.4) is 0 Å². The van der Waals surface area contributed by atoms with Crippen LogP contribution in [0.1, 0.15) is 17.0 Å². The minimum Gasteiger partial charge on any atom is -0.493 e. The van der Waals surface area contributed by atoms with Crippen molar-refractivity contribution in [3.05, 3.63) is 70.5 Å². The van der Waals surface area contributed by atoms with Crippen LogP contribution in [0.2, 0.25) is 0 Å². The number of carbonyl (C=O) groups is 2. The summed E-state index contributed by atoms with van der Waals surface area (Å²) in [6, 6.07) is 15.5. The summed E-state index contributed by atoms with van der Waals surface area (Å²) in [5.74, 6) is 1.76. The monoisotopic (exact) mass is 452 g/mol. The highest BCUT2D eigenvalue weighted by atomic mass is 32.2. The van der Waals surface area contributed by atoms with Gasteiger partial charge in [-0.2, -0.15) is 0 Å². The molecule has 2 heterocycles. The molecule has 0 spiro atoms. The Kier molecular flexibility index (Phi) is 6.48. The van der Waals surface area contributed by atoms with E-state index < -0.39 is 0 Å². The molecule has 1 fully saturated rings. The Labute approximate surface area is 188 Å². The lowest BCUT2D eigenvalue weighted by Crippen LogP contribution is -2.17. The second-order valence-electron chi connectivity index (χ2n) is 6.77. The average molecular weight is 453 g/mol. The van der Waals surface area contributed by atoms with Crippen LogP contribution in [-0.4, -0.2) is 29.0 Å². The van der Waals surface area contributed by atoms with Gasteiger partial charge >= 0.3 is 0 Å². The van der Waals surface area contributed by atoms with Crippen molar-refractivity contribution in [2.24, 2.45) is 0 Å². The van der Waals surface area contributed by atoms with Gasteiger partial charge in [-0.1, -0.05) is 18.2 Å². The molecule has 0 atom stereocenters. The maximum absolute atomic E-state index is 11.6. The van der Waals surface area contributed by atoms with Crippen molar-refractivity contribution in [1.82, 2.24) is 10.3 Å². The summed E-state index contributed by atoms with van der Waals surface area (Å²) in [5, 5.41) is 1.89. The van der Waals surface area contributed by atoms with E-state index in [4.69, 9.17) is 9.15 Å². The van der Waals surface area contributed by atoms with E-state index in [-0.39, 0.29) is 11.1 Å². The highest BCUT2D eigenvalue weighted by Gasteiger charge is 2.24. The summed E-state index contributed by atoms with van der Waals surface area (Å²) in [5.41, 5.74) is 2.66. The molecule has 1 saturated heterocycles. The lowest BCUT2D eigenvalue weighted by atomic mass is 10.2. The largest absolute Gasteiger partial charge is 0.493 e. The van der Waals surface area contributed by atoms with Gasteiger partial charge in [0.25, 0.3) is 11.1 Å². The molecule has 4 rings (SSSR count). The van der Waals surface area contributed by atoms with Gasteiger partial charge in [0, 0.05) is 16.9 Å². The van der Waals surface area contributed by atoms with Crippen molar-refractivity contribution in [2.45, 2.75) is 18.2 Å². The second kappa shape index (κ2) is 9.45. The maximum Gasteiger partial charge on any atom is 0.290 e. The van der Waals surface area contributed by atoms with Crippen LogP contribution >= 0.6 is 23.5 Å². The van der Waals surface area contributed by atoms with Crippen LogP contribution in [-0.2, 0) is 11.2 Å². The van der Waals surface area contributed by atoms with Crippen molar-refractivity contribution in [3.8, 4) is 17.2 Å². The Hall–Kier alpha value is -2.97. The molecule has 1 aromatic heterocycles. The van der Waals surface area contributed by atoms with Gasteiger partial charge in [-0.05, 0) is 66.9 Å². The third kappa shape index (κ3) is 5.21. The minimum atomic E-state index is -0.363. The molecule has 2 aromatic carbocycles. The van der Waals surface area contributed by atoms with Crippen LogP contribution < -0.4 is 10.1 Å². The first-order valence-corrected chi connectivity index (χ1v) is 11.6. The summed E-state index contributed by atoms with van der Waals surface area (Å²) in [4.78, 5) is 29.1. The Morgan fingerprint density at radius 1 is 1.19 bits per heavy atom. The number of imide groups is 1. The molecule has 0 bridgehead atoms. The molecule has 6 nitrogen and oxygen atoms in total. The van der Waals surface area contributed by atoms with Crippen LogP contribution in [0, 0.1) is 6.92 Å². The Morgan fingerprint density at radius 2 is 2.00 bits per heavy atom. The molecular weight excluding hydrogens is 432 g/mol. The summed E-state index contributed by atoms with van der Waals surface area (Å²) >= 11 is 2.58. The number of carbonyl (C=O) groups excluding carboxylic acids is 2. The smallest absolute Gasteiger partial charge is 0.290 e. The molecule has 158 valence electrons.